The molecule has 0 unspecified atom stereocenters. The van der Waals surface area contributed by atoms with Crippen LogP contribution in [-0.4, -0.2) is 15.9 Å². The zero-order valence-electron chi connectivity index (χ0n) is 12.8. The van der Waals surface area contributed by atoms with E-state index in [1.54, 1.807) is 0 Å². The predicted molar refractivity (Wildman–Crippen MR) is 109 cm³/mol. The Morgan fingerprint density at radius 1 is 1.19 bits per heavy atom. The van der Waals surface area contributed by atoms with Crippen LogP contribution in [0.4, 0.5) is 11.4 Å². The Morgan fingerprint density at radius 2 is 1.92 bits per heavy atom. The van der Waals surface area contributed by atoms with Crippen LogP contribution in [0.15, 0.2) is 42.5 Å². The monoisotopic (exact) mass is 425 g/mol. The Kier molecular flexibility index (Phi) is 5.38. The van der Waals surface area contributed by atoms with E-state index in [0.717, 1.165) is 10.1 Å². The molecule has 0 atom stereocenters. The second-order valence-corrected chi connectivity index (χ2v) is 7.32. The van der Waals surface area contributed by atoms with Crippen molar-refractivity contribution in [1.82, 2.24) is 5.32 Å². The first-order valence-electron chi connectivity index (χ1n) is 7.10. The molecule has 3 aromatic rings. The number of hydrogen-bond donors (Lipinski definition) is 2. The van der Waals surface area contributed by atoms with E-state index in [2.05, 4.69) is 10.6 Å². The Hall–Kier alpha value is -2.26. The second kappa shape index (κ2) is 7.55. The number of benzene rings is 2. The number of carbonyl (C=O) groups excluding carboxylic acids is 1. The number of nitrogens with zero attached hydrogens (tertiary/aromatic N) is 1. The Labute approximate surface area is 166 Å². The van der Waals surface area contributed by atoms with Gasteiger partial charge in [-0.15, -0.1) is 11.3 Å². The number of amides is 1. The molecule has 0 saturated heterocycles. The standard InChI is InChI=1S/C16H9Cl2N3O3S2/c17-10-7-8(21(23)24)5-6-11(10)19-16(25)20-15(22)14-13(18)9-3-1-2-4-12(9)26-14/h1-7H,(H2,19,20,22,25). The average molecular weight is 426 g/mol. The highest BCUT2D eigenvalue weighted by atomic mass is 35.5. The van der Waals surface area contributed by atoms with Gasteiger partial charge < -0.3 is 5.32 Å². The molecule has 6 nitrogen and oxygen atoms in total. The molecule has 1 aromatic heterocycles. The van der Waals surface area contributed by atoms with Crippen LogP contribution in [0.2, 0.25) is 10.0 Å². The van der Waals surface area contributed by atoms with Gasteiger partial charge >= 0.3 is 0 Å². The summed E-state index contributed by atoms with van der Waals surface area (Å²) >= 11 is 18.6. The summed E-state index contributed by atoms with van der Waals surface area (Å²) in [5, 5.41) is 17.2. The van der Waals surface area contributed by atoms with Crippen LogP contribution in [0.5, 0.6) is 0 Å². The Bertz CT molecular complexity index is 1050. The van der Waals surface area contributed by atoms with Gasteiger partial charge in [-0.3, -0.25) is 20.2 Å². The number of anilines is 1. The maximum Gasteiger partial charge on any atom is 0.271 e. The molecule has 1 heterocycles. The van der Waals surface area contributed by atoms with Crippen LogP contribution < -0.4 is 10.6 Å². The third-order valence-corrected chi connectivity index (χ3v) is 5.57. The van der Waals surface area contributed by atoms with Crippen molar-refractivity contribution in [3.05, 3.63) is 67.5 Å². The summed E-state index contributed by atoms with van der Waals surface area (Å²) in [7, 11) is 0. The number of nitrogens with one attached hydrogen (secondary N) is 2. The van der Waals surface area contributed by atoms with Crippen molar-refractivity contribution in [3.8, 4) is 0 Å². The molecule has 0 radical (unpaired) electrons. The highest BCUT2D eigenvalue weighted by molar-refractivity contribution is 7.80. The summed E-state index contributed by atoms with van der Waals surface area (Å²) in [6, 6.07) is 11.3. The maximum absolute atomic E-state index is 12.4. The van der Waals surface area contributed by atoms with Crippen molar-refractivity contribution in [1.29, 1.82) is 0 Å². The number of nitro benzene ring substituents is 1. The van der Waals surface area contributed by atoms with Gasteiger partial charge in [-0.25, -0.2) is 0 Å². The minimum Gasteiger partial charge on any atom is -0.331 e. The number of fused-ring (bicyclic) bond motifs is 1. The lowest BCUT2D eigenvalue weighted by atomic mass is 10.2. The lowest BCUT2D eigenvalue weighted by Gasteiger charge is -2.10. The number of rotatable bonds is 3. The van der Waals surface area contributed by atoms with Gasteiger partial charge in [-0.05, 0) is 24.4 Å². The maximum atomic E-state index is 12.4. The summed E-state index contributed by atoms with van der Waals surface area (Å²) in [5.74, 6) is -0.452. The van der Waals surface area contributed by atoms with Crippen LogP contribution in [0.3, 0.4) is 0 Å². The minimum atomic E-state index is -0.556. The molecule has 2 aromatic carbocycles. The van der Waals surface area contributed by atoms with Crippen LogP contribution in [-0.2, 0) is 0 Å². The fourth-order valence-electron chi connectivity index (χ4n) is 2.19. The van der Waals surface area contributed by atoms with Crippen LogP contribution in [0, 0.1) is 10.1 Å². The minimum absolute atomic E-state index is 0.000671. The van der Waals surface area contributed by atoms with E-state index in [9.17, 15) is 14.9 Å². The fraction of sp³-hybridized carbons (Fsp3) is 0. The highest BCUT2D eigenvalue weighted by Gasteiger charge is 2.18. The number of thiophene rings is 1. The van der Waals surface area contributed by atoms with Crippen molar-refractivity contribution in [2.45, 2.75) is 0 Å². The summed E-state index contributed by atoms with van der Waals surface area (Å²) in [4.78, 5) is 22.9. The lowest BCUT2D eigenvalue weighted by Crippen LogP contribution is -2.33. The van der Waals surface area contributed by atoms with Crippen molar-refractivity contribution in [2.24, 2.45) is 0 Å². The van der Waals surface area contributed by atoms with E-state index >= 15 is 0 Å². The van der Waals surface area contributed by atoms with Gasteiger partial charge in [0.05, 0.1) is 20.7 Å². The quantitative estimate of drug-likeness (QED) is 0.340. The molecule has 0 spiro atoms. The van der Waals surface area contributed by atoms with E-state index in [1.807, 2.05) is 24.3 Å². The van der Waals surface area contributed by atoms with Gasteiger partial charge in [0.1, 0.15) is 4.88 Å². The Balaban J connectivity index is 1.74. The molecule has 1 amide bonds. The molecular formula is C16H9Cl2N3O3S2. The number of non-ortho nitro benzene ring substituents is 1. The van der Waals surface area contributed by atoms with Crippen LogP contribution >= 0.6 is 46.8 Å². The van der Waals surface area contributed by atoms with E-state index in [-0.39, 0.29) is 15.8 Å². The number of nitro groups is 1. The molecular weight excluding hydrogens is 417 g/mol. The second-order valence-electron chi connectivity index (χ2n) is 5.07. The molecule has 3 rings (SSSR count). The molecule has 0 aliphatic carbocycles. The zero-order chi connectivity index (χ0) is 18.8. The SMILES string of the molecule is O=C(NC(=S)Nc1ccc([N+](=O)[O-])cc1Cl)c1sc2ccccc2c1Cl. The number of halogens is 2. The largest absolute Gasteiger partial charge is 0.331 e. The molecule has 0 fully saturated rings. The number of carbonyl (C=O) groups is 1. The summed E-state index contributed by atoms with van der Waals surface area (Å²) in [6.07, 6.45) is 0. The third-order valence-electron chi connectivity index (χ3n) is 3.38. The van der Waals surface area contributed by atoms with E-state index in [4.69, 9.17) is 35.4 Å². The first-order valence-corrected chi connectivity index (χ1v) is 9.08. The fourth-order valence-corrected chi connectivity index (χ4v) is 4.03. The highest BCUT2D eigenvalue weighted by Crippen LogP contribution is 2.35. The molecule has 2 N–H and O–H groups in total. The topological polar surface area (TPSA) is 84.3 Å². The molecule has 10 heteroatoms. The first-order chi connectivity index (χ1) is 12.4. The van der Waals surface area contributed by atoms with E-state index in [1.165, 1.54) is 29.5 Å². The zero-order valence-corrected chi connectivity index (χ0v) is 15.9. The molecule has 132 valence electrons. The molecule has 0 bridgehead atoms. The molecule has 0 aliphatic heterocycles. The number of thiocarbonyl (C=S) groups is 1. The van der Waals surface area contributed by atoms with Gasteiger partial charge in [0.2, 0.25) is 0 Å². The van der Waals surface area contributed by atoms with E-state index < -0.39 is 10.8 Å². The average Bonchev–Trinajstić information content (AvgIpc) is 2.94. The van der Waals surface area contributed by atoms with Crippen molar-refractivity contribution in [3.63, 3.8) is 0 Å². The summed E-state index contributed by atoms with van der Waals surface area (Å²) in [6.45, 7) is 0. The molecule has 26 heavy (non-hydrogen) atoms. The van der Waals surface area contributed by atoms with Gasteiger partial charge in [0.25, 0.3) is 11.6 Å². The van der Waals surface area contributed by atoms with Crippen molar-refractivity contribution < 1.29 is 9.72 Å². The lowest BCUT2D eigenvalue weighted by molar-refractivity contribution is -0.384. The van der Waals surface area contributed by atoms with Gasteiger partial charge in [0, 0.05) is 22.2 Å². The van der Waals surface area contributed by atoms with Crippen molar-refractivity contribution >= 4 is 79.2 Å². The van der Waals surface area contributed by atoms with Gasteiger partial charge in [0.15, 0.2) is 5.11 Å². The molecule has 0 aliphatic rings. The van der Waals surface area contributed by atoms with Crippen molar-refractivity contribution in [2.75, 3.05) is 5.32 Å². The summed E-state index contributed by atoms with van der Waals surface area (Å²) in [5.41, 5.74) is 0.192. The van der Waals surface area contributed by atoms with Gasteiger partial charge in [-0.1, -0.05) is 41.4 Å². The van der Waals surface area contributed by atoms with Crippen LogP contribution in [0.25, 0.3) is 10.1 Å². The van der Waals surface area contributed by atoms with Crippen LogP contribution in [0.1, 0.15) is 9.67 Å². The summed E-state index contributed by atoms with van der Waals surface area (Å²) < 4.78 is 0.889. The van der Waals surface area contributed by atoms with Gasteiger partial charge in [-0.2, -0.15) is 0 Å². The smallest absolute Gasteiger partial charge is 0.271 e. The first kappa shape index (κ1) is 18.5. The van der Waals surface area contributed by atoms with E-state index in [0.29, 0.717) is 15.6 Å². The number of hydrogen-bond acceptors (Lipinski definition) is 5. The normalized spacial score (nSPS) is 10.5. The molecule has 0 saturated carbocycles. The Morgan fingerprint density at radius 3 is 2.58 bits per heavy atom. The predicted octanol–water partition coefficient (Wildman–Crippen LogP) is 5.24. The third kappa shape index (κ3) is 3.78.